The van der Waals surface area contributed by atoms with E-state index in [0.29, 0.717) is 5.92 Å². The smallest absolute Gasteiger partial charge is 0.119 e. The Balaban J connectivity index is 2.36. The molecule has 0 atom stereocenters. The van der Waals surface area contributed by atoms with Crippen LogP contribution in [-0.4, -0.2) is 19.7 Å². The van der Waals surface area contributed by atoms with Gasteiger partial charge in [0.05, 0.1) is 6.61 Å². The standard InChI is InChI=1S/C18H31NO/c1-6-7-16-8-10-17(11-9-16)20-14-18(4,5)13-19-12-15(2)3/h8-11,15,19H,6-7,12-14H2,1-5H3. The number of aryl methyl sites for hydroxylation is 1. The van der Waals surface area contributed by atoms with Crippen molar-refractivity contribution in [3.63, 3.8) is 0 Å². The van der Waals surface area contributed by atoms with Gasteiger partial charge < -0.3 is 10.1 Å². The van der Waals surface area contributed by atoms with Crippen LogP contribution in [0, 0.1) is 11.3 Å². The Morgan fingerprint density at radius 2 is 1.80 bits per heavy atom. The Kier molecular flexibility index (Phi) is 7.08. The molecule has 0 bridgehead atoms. The third-order valence-corrected chi connectivity index (χ3v) is 3.25. The highest BCUT2D eigenvalue weighted by Crippen LogP contribution is 2.19. The van der Waals surface area contributed by atoms with Crippen molar-refractivity contribution in [2.24, 2.45) is 11.3 Å². The number of benzene rings is 1. The second-order valence-electron chi connectivity index (χ2n) is 6.87. The maximum Gasteiger partial charge on any atom is 0.119 e. The van der Waals surface area contributed by atoms with Gasteiger partial charge in [-0.3, -0.25) is 0 Å². The van der Waals surface area contributed by atoms with Gasteiger partial charge in [0, 0.05) is 12.0 Å². The van der Waals surface area contributed by atoms with E-state index in [2.05, 4.69) is 64.2 Å². The Morgan fingerprint density at radius 3 is 2.35 bits per heavy atom. The molecule has 0 aliphatic carbocycles. The van der Waals surface area contributed by atoms with Crippen LogP contribution in [0.2, 0.25) is 0 Å². The lowest BCUT2D eigenvalue weighted by molar-refractivity contribution is 0.175. The predicted molar refractivity (Wildman–Crippen MR) is 87.4 cm³/mol. The fraction of sp³-hybridized carbons (Fsp3) is 0.667. The van der Waals surface area contributed by atoms with Crippen LogP contribution in [0.25, 0.3) is 0 Å². The molecule has 1 rings (SSSR count). The van der Waals surface area contributed by atoms with Gasteiger partial charge in [0.2, 0.25) is 0 Å². The van der Waals surface area contributed by atoms with E-state index in [-0.39, 0.29) is 5.41 Å². The molecule has 0 saturated heterocycles. The SMILES string of the molecule is CCCc1ccc(OCC(C)(C)CNCC(C)C)cc1. The molecule has 1 aromatic rings. The van der Waals surface area contributed by atoms with Crippen LogP contribution in [0.4, 0.5) is 0 Å². The van der Waals surface area contributed by atoms with Gasteiger partial charge in [0.1, 0.15) is 5.75 Å². The van der Waals surface area contributed by atoms with E-state index in [1.807, 2.05) is 0 Å². The van der Waals surface area contributed by atoms with Crippen molar-refractivity contribution in [2.45, 2.75) is 47.5 Å². The van der Waals surface area contributed by atoms with Crippen LogP contribution in [0.15, 0.2) is 24.3 Å². The normalized spacial score (nSPS) is 11.9. The minimum atomic E-state index is 0.150. The van der Waals surface area contributed by atoms with E-state index >= 15 is 0 Å². The Hall–Kier alpha value is -1.02. The molecule has 0 fully saturated rings. The molecular weight excluding hydrogens is 246 g/mol. The summed E-state index contributed by atoms with van der Waals surface area (Å²) in [5, 5.41) is 3.51. The van der Waals surface area contributed by atoms with Crippen LogP contribution in [0.3, 0.4) is 0 Å². The molecule has 0 spiro atoms. The number of hydrogen-bond acceptors (Lipinski definition) is 2. The summed E-state index contributed by atoms with van der Waals surface area (Å²) in [6.07, 6.45) is 2.33. The van der Waals surface area contributed by atoms with Gasteiger partial charge in [-0.2, -0.15) is 0 Å². The molecular formula is C18H31NO. The largest absolute Gasteiger partial charge is 0.493 e. The van der Waals surface area contributed by atoms with Gasteiger partial charge >= 0.3 is 0 Å². The van der Waals surface area contributed by atoms with Gasteiger partial charge in [0.15, 0.2) is 0 Å². The average molecular weight is 277 g/mol. The Bertz CT molecular complexity index is 368. The predicted octanol–water partition coefficient (Wildman–Crippen LogP) is 4.29. The molecule has 1 aromatic carbocycles. The first-order valence-corrected chi connectivity index (χ1v) is 7.85. The highest BCUT2D eigenvalue weighted by molar-refractivity contribution is 5.27. The lowest BCUT2D eigenvalue weighted by Gasteiger charge is -2.25. The van der Waals surface area contributed by atoms with Crippen LogP contribution in [0.1, 0.15) is 46.6 Å². The summed E-state index contributed by atoms with van der Waals surface area (Å²) in [5.74, 6) is 1.67. The Morgan fingerprint density at radius 1 is 1.15 bits per heavy atom. The second-order valence-corrected chi connectivity index (χ2v) is 6.87. The molecule has 20 heavy (non-hydrogen) atoms. The third kappa shape index (κ3) is 6.95. The van der Waals surface area contributed by atoms with Gasteiger partial charge in [-0.05, 0) is 36.6 Å². The minimum Gasteiger partial charge on any atom is -0.493 e. The monoisotopic (exact) mass is 277 g/mol. The van der Waals surface area contributed by atoms with Crippen molar-refractivity contribution >= 4 is 0 Å². The molecule has 0 aromatic heterocycles. The van der Waals surface area contributed by atoms with Gasteiger partial charge in [-0.15, -0.1) is 0 Å². The van der Waals surface area contributed by atoms with Gasteiger partial charge in [-0.25, -0.2) is 0 Å². The molecule has 0 saturated carbocycles. The topological polar surface area (TPSA) is 21.3 Å². The van der Waals surface area contributed by atoms with Crippen LogP contribution < -0.4 is 10.1 Å². The summed E-state index contributed by atoms with van der Waals surface area (Å²) in [5.41, 5.74) is 1.54. The zero-order valence-electron chi connectivity index (χ0n) is 13.8. The second kappa shape index (κ2) is 8.31. The molecule has 0 heterocycles. The van der Waals surface area contributed by atoms with E-state index in [1.165, 1.54) is 12.0 Å². The number of ether oxygens (including phenoxy) is 1. The van der Waals surface area contributed by atoms with E-state index in [0.717, 1.165) is 31.9 Å². The van der Waals surface area contributed by atoms with Crippen molar-refractivity contribution in [2.75, 3.05) is 19.7 Å². The number of nitrogens with one attached hydrogen (secondary N) is 1. The van der Waals surface area contributed by atoms with E-state index in [9.17, 15) is 0 Å². The van der Waals surface area contributed by atoms with Crippen molar-refractivity contribution in [3.8, 4) is 5.75 Å². The summed E-state index contributed by atoms with van der Waals surface area (Å²) in [7, 11) is 0. The molecule has 2 heteroatoms. The maximum atomic E-state index is 5.92. The molecule has 1 N–H and O–H groups in total. The molecule has 0 aliphatic rings. The molecule has 0 aliphatic heterocycles. The third-order valence-electron chi connectivity index (χ3n) is 3.25. The fourth-order valence-corrected chi connectivity index (χ4v) is 2.07. The lowest BCUT2D eigenvalue weighted by atomic mass is 9.94. The Labute approximate surface area is 124 Å². The van der Waals surface area contributed by atoms with Gasteiger partial charge in [-0.1, -0.05) is 53.2 Å². The zero-order chi connectivity index (χ0) is 15.0. The minimum absolute atomic E-state index is 0.150. The molecule has 114 valence electrons. The van der Waals surface area contributed by atoms with E-state index in [4.69, 9.17) is 4.74 Å². The first kappa shape index (κ1) is 17.0. The molecule has 0 radical (unpaired) electrons. The first-order valence-electron chi connectivity index (χ1n) is 7.85. The molecule has 0 amide bonds. The van der Waals surface area contributed by atoms with Crippen molar-refractivity contribution in [3.05, 3.63) is 29.8 Å². The van der Waals surface area contributed by atoms with Crippen molar-refractivity contribution < 1.29 is 4.74 Å². The summed E-state index contributed by atoms with van der Waals surface area (Å²) >= 11 is 0. The van der Waals surface area contributed by atoms with Crippen LogP contribution in [-0.2, 0) is 6.42 Å². The molecule has 2 nitrogen and oxygen atoms in total. The zero-order valence-corrected chi connectivity index (χ0v) is 13.8. The number of rotatable bonds is 9. The molecule has 0 unspecified atom stereocenters. The van der Waals surface area contributed by atoms with E-state index < -0.39 is 0 Å². The van der Waals surface area contributed by atoms with Gasteiger partial charge in [0.25, 0.3) is 0 Å². The van der Waals surface area contributed by atoms with Crippen molar-refractivity contribution in [1.82, 2.24) is 5.32 Å². The quantitative estimate of drug-likeness (QED) is 0.727. The highest BCUT2D eigenvalue weighted by Gasteiger charge is 2.18. The maximum absolute atomic E-state index is 5.92. The summed E-state index contributed by atoms with van der Waals surface area (Å²) in [6, 6.07) is 8.51. The highest BCUT2D eigenvalue weighted by atomic mass is 16.5. The van der Waals surface area contributed by atoms with Crippen LogP contribution >= 0.6 is 0 Å². The summed E-state index contributed by atoms with van der Waals surface area (Å²) in [4.78, 5) is 0. The summed E-state index contributed by atoms with van der Waals surface area (Å²) < 4.78 is 5.92. The first-order chi connectivity index (χ1) is 9.43. The van der Waals surface area contributed by atoms with Crippen molar-refractivity contribution in [1.29, 1.82) is 0 Å². The van der Waals surface area contributed by atoms with Crippen LogP contribution in [0.5, 0.6) is 5.75 Å². The van der Waals surface area contributed by atoms with E-state index in [1.54, 1.807) is 0 Å². The number of hydrogen-bond donors (Lipinski definition) is 1. The summed E-state index contributed by atoms with van der Waals surface area (Å²) in [6.45, 7) is 13.9. The lowest BCUT2D eigenvalue weighted by Crippen LogP contribution is -2.35. The average Bonchev–Trinajstić information content (AvgIpc) is 2.38. The fourth-order valence-electron chi connectivity index (χ4n) is 2.07.